The van der Waals surface area contributed by atoms with E-state index in [4.69, 9.17) is 7.85 Å². The average molecular weight is 230 g/mol. The minimum absolute atomic E-state index is 0.583. The van der Waals surface area contributed by atoms with Crippen molar-refractivity contribution in [1.82, 2.24) is 9.88 Å². The highest BCUT2D eigenvalue weighted by Gasteiger charge is 2.34. The predicted molar refractivity (Wildman–Crippen MR) is 67.6 cm³/mol. The molecule has 5 heteroatoms. The van der Waals surface area contributed by atoms with Crippen molar-refractivity contribution in [2.45, 2.75) is 11.7 Å². The summed E-state index contributed by atoms with van der Waals surface area (Å²) in [6.45, 7) is 0. The van der Waals surface area contributed by atoms with E-state index in [2.05, 4.69) is 4.98 Å². The van der Waals surface area contributed by atoms with Crippen LogP contribution in [0.1, 0.15) is 11.7 Å². The van der Waals surface area contributed by atoms with Gasteiger partial charge >= 0.3 is 0 Å². The fourth-order valence-electron chi connectivity index (χ4n) is 1.79. The van der Waals surface area contributed by atoms with Gasteiger partial charge in [-0.2, -0.15) is 0 Å². The number of hydrogen-bond acceptors (Lipinski definition) is 3. The molecule has 0 aliphatic heterocycles. The first-order valence-electron chi connectivity index (χ1n) is 5.37. The highest BCUT2D eigenvalue weighted by atomic mass is 16.4. The van der Waals surface area contributed by atoms with Crippen molar-refractivity contribution in [3.05, 3.63) is 36.0 Å². The third-order valence-corrected chi connectivity index (χ3v) is 3.03. The van der Waals surface area contributed by atoms with Gasteiger partial charge in [-0.1, -0.05) is 18.2 Å². The summed E-state index contributed by atoms with van der Waals surface area (Å²) in [5, 5.41) is 21.1. The van der Waals surface area contributed by atoms with Gasteiger partial charge in [-0.05, 0) is 20.2 Å². The van der Waals surface area contributed by atoms with E-state index in [0.717, 1.165) is 10.9 Å². The third kappa shape index (κ3) is 1.97. The number of aliphatic hydroxyl groups excluding tert-OH is 1. The molecule has 2 aromatic rings. The van der Waals surface area contributed by atoms with Crippen LogP contribution in [-0.2, 0) is 0 Å². The average Bonchev–Trinajstić information content (AvgIpc) is 2.71. The summed E-state index contributed by atoms with van der Waals surface area (Å²) in [5.41, 5.74) is -0.319. The third-order valence-electron chi connectivity index (χ3n) is 3.03. The Balaban J connectivity index is 2.47. The van der Waals surface area contributed by atoms with Crippen molar-refractivity contribution in [2.75, 3.05) is 14.1 Å². The molecule has 88 valence electrons. The highest BCUT2D eigenvalue weighted by Crippen LogP contribution is 2.30. The van der Waals surface area contributed by atoms with Crippen LogP contribution in [0.2, 0.25) is 0 Å². The van der Waals surface area contributed by atoms with Crippen LogP contribution in [0.25, 0.3) is 10.9 Å². The Hall–Kier alpha value is -1.30. The molecule has 0 amide bonds. The normalized spacial score (nSPS) is 17.2. The van der Waals surface area contributed by atoms with Crippen molar-refractivity contribution in [3.63, 3.8) is 0 Å². The lowest BCUT2D eigenvalue weighted by atomic mass is 9.81. The maximum Gasteiger partial charge on any atom is 0.139 e. The Kier molecular flexibility index (Phi) is 2.99. The Bertz CT molecular complexity index is 522. The number of aliphatic hydroxyl groups is 2. The molecule has 2 unspecified atom stereocenters. The van der Waals surface area contributed by atoms with Crippen molar-refractivity contribution < 1.29 is 10.2 Å². The van der Waals surface area contributed by atoms with Crippen LogP contribution in [0.3, 0.4) is 0 Å². The number of rotatable bonds is 3. The van der Waals surface area contributed by atoms with E-state index in [1.807, 2.05) is 24.3 Å². The smallest absolute Gasteiger partial charge is 0.139 e. The zero-order valence-corrected chi connectivity index (χ0v) is 9.88. The molecule has 0 spiro atoms. The van der Waals surface area contributed by atoms with E-state index in [1.165, 1.54) is 4.90 Å². The first-order chi connectivity index (χ1) is 7.94. The van der Waals surface area contributed by atoms with E-state index < -0.39 is 11.7 Å². The fourth-order valence-corrected chi connectivity index (χ4v) is 1.79. The number of hydrogen-bond donors (Lipinski definition) is 3. The Labute approximate surface area is 101 Å². The SMILES string of the molecule is [B]C(O)(C(O)c1c[nH]c2ccccc12)N(C)C. The second kappa shape index (κ2) is 4.18. The van der Waals surface area contributed by atoms with Gasteiger partial charge in [0.2, 0.25) is 0 Å². The molecule has 1 aromatic heterocycles. The second-order valence-electron chi connectivity index (χ2n) is 4.37. The van der Waals surface area contributed by atoms with Crippen LogP contribution < -0.4 is 0 Å². The minimum Gasteiger partial charge on any atom is -0.385 e. The summed E-state index contributed by atoms with van der Waals surface area (Å²) in [6, 6.07) is 7.54. The van der Waals surface area contributed by atoms with Crippen LogP contribution in [0, 0.1) is 0 Å². The quantitative estimate of drug-likeness (QED) is 0.533. The molecule has 3 N–H and O–H groups in total. The van der Waals surface area contributed by atoms with Crippen LogP contribution in [0.15, 0.2) is 30.5 Å². The van der Waals surface area contributed by atoms with Gasteiger partial charge in [-0.15, -0.1) is 0 Å². The summed E-state index contributed by atoms with van der Waals surface area (Å²) < 4.78 is 0. The molecule has 0 bridgehead atoms. The van der Waals surface area contributed by atoms with Crippen molar-refractivity contribution in [3.8, 4) is 0 Å². The molecule has 0 saturated carbocycles. The molecule has 0 aliphatic rings. The lowest BCUT2D eigenvalue weighted by molar-refractivity contribution is -0.100. The molecule has 2 atom stereocenters. The maximum absolute atomic E-state index is 10.2. The van der Waals surface area contributed by atoms with Crippen molar-refractivity contribution >= 4 is 18.7 Å². The number of aromatic amines is 1. The van der Waals surface area contributed by atoms with Crippen LogP contribution in [0.5, 0.6) is 0 Å². The van der Waals surface area contributed by atoms with Gasteiger partial charge in [0.1, 0.15) is 19.6 Å². The zero-order valence-electron chi connectivity index (χ0n) is 9.88. The summed E-state index contributed by atoms with van der Waals surface area (Å²) in [7, 11) is 8.92. The van der Waals surface area contributed by atoms with Crippen molar-refractivity contribution in [2.24, 2.45) is 0 Å². The Morgan fingerprint density at radius 1 is 1.35 bits per heavy atom. The summed E-state index contributed by atoms with van der Waals surface area (Å²) >= 11 is 0. The first kappa shape index (κ1) is 12.2. The van der Waals surface area contributed by atoms with E-state index in [9.17, 15) is 10.2 Å². The van der Waals surface area contributed by atoms with Gasteiger partial charge in [-0.25, -0.2) is 0 Å². The van der Waals surface area contributed by atoms with E-state index in [-0.39, 0.29) is 0 Å². The molecule has 0 saturated heterocycles. The number of nitrogens with one attached hydrogen (secondary N) is 1. The molecule has 0 fully saturated rings. The summed E-state index contributed by atoms with van der Waals surface area (Å²) in [6.07, 6.45) is 0.477. The number of fused-ring (bicyclic) bond motifs is 1. The fraction of sp³-hybridized carbons (Fsp3) is 0.333. The van der Waals surface area contributed by atoms with Gasteiger partial charge in [0, 0.05) is 22.7 Å². The van der Waals surface area contributed by atoms with Gasteiger partial charge < -0.3 is 15.2 Å². The number of aromatic nitrogens is 1. The molecule has 17 heavy (non-hydrogen) atoms. The lowest BCUT2D eigenvalue weighted by Gasteiger charge is -2.36. The molecule has 1 heterocycles. The molecular weight excluding hydrogens is 215 g/mol. The zero-order chi connectivity index (χ0) is 12.6. The Morgan fingerprint density at radius 3 is 2.65 bits per heavy atom. The topological polar surface area (TPSA) is 59.5 Å². The van der Waals surface area contributed by atoms with E-state index in [0.29, 0.717) is 5.56 Å². The lowest BCUT2D eigenvalue weighted by Crippen LogP contribution is -2.49. The number of likely N-dealkylation sites (N-methyl/N-ethyl adjacent to an activating group) is 1. The number of benzene rings is 1. The molecule has 2 radical (unpaired) electrons. The largest absolute Gasteiger partial charge is 0.385 e. The molecular formula is C12H15BN2O2. The predicted octanol–water partition coefficient (Wildman–Crippen LogP) is 0.577. The second-order valence-corrected chi connectivity index (χ2v) is 4.37. The monoisotopic (exact) mass is 230 g/mol. The van der Waals surface area contributed by atoms with Gasteiger partial charge in [0.25, 0.3) is 0 Å². The van der Waals surface area contributed by atoms with Gasteiger partial charge in [-0.3, -0.25) is 4.90 Å². The number of H-pyrrole nitrogens is 1. The molecule has 1 aromatic carbocycles. The standard InChI is InChI=1S/C12H15BN2O2/c1-15(2)12(13,17)11(16)9-7-14-10-6-4-3-5-8(9)10/h3-7,11,14,16-17H,1-2H3. The molecule has 0 aliphatic carbocycles. The van der Waals surface area contributed by atoms with Crippen LogP contribution in [0.4, 0.5) is 0 Å². The molecule has 2 rings (SSSR count). The van der Waals surface area contributed by atoms with Gasteiger partial charge in [0.05, 0.1) is 0 Å². The minimum atomic E-state index is -1.80. The number of para-hydroxylation sites is 1. The highest BCUT2D eigenvalue weighted by molar-refractivity contribution is 6.14. The van der Waals surface area contributed by atoms with Crippen LogP contribution in [-0.4, -0.2) is 47.7 Å². The number of nitrogens with zero attached hydrogens (tertiary/aromatic N) is 1. The van der Waals surface area contributed by atoms with Crippen LogP contribution >= 0.6 is 0 Å². The van der Waals surface area contributed by atoms with Gasteiger partial charge in [0.15, 0.2) is 0 Å². The summed E-state index contributed by atoms with van der Waals surface area (Å²) in [4.78, 5) is 4.41. The maximum atomic E-state index is 10.2. The summed E-state index contributed by atoms with van der Waals surface area (Å²) in [5.74, 6) is 0. The van der Waals surface area contributed by atoms with E-state index in [1.54, 1.807) is 20.3 Å². The van der Waals surface area contributed by atoms with Crippen molar-refractivity contribution in [1.29, 1.82) is 0 Å². The Morgan fingerprint density at radius 2 is 2.00 bits per heavy atom. The molecule has 4 nitrogen and oxygen atoms in total. The first-order valence-corrected chi connectivity index (χ1v) is 5.37. The van der Waals surface area contributed by atoms with E-state index >= 15 is 0 Å².